The van der Waals surface area contributed by atoms with E-state index in [0.717, 1.165) is 0 Å². The van der Waals surface area contributed by atoms with Crippen LogP contribution in [0.1, 0.15) is 15.9 Å². The van der Waals surface area contributed by atoms with E-state index in [1.54, 1.807) is 43.4 Å². The van der Waals surface area contributed by atoms with Gasteiger partial charge >= 0.3 is 0 Å². The molecule has 23 heavy (non-hydrogen) atoms. The summed E-state index contributed by atoms with van der Waals surface area (Å²) in [5.41, 5.74) is 1.10. The van der Waals surface area contributed by atoms with E-state index in [9.17, 15) is 14.0 Å². The van der Waals surface area contributed by atoms with Crippen molar-refractivity contribution in [1.82, 2.24) is 9.88 Å². The van der Waals surface area contributed by atoms with Gasteiger partial charge in [-0.1, -0.05) is 36.4 Å². The van der Waals surface area contributed by atoms with Gasteiger partial charge in [0.15, 0.2) is 0 Å². The molecule has 0 aliphatic rings. The SMILES string of the molecule is Cn1c(=O)cc(C(=O)NCc2ccccc2F)c2ccccc21. The Hall–Kier alpha value is -2.95. The molecule has 0 aliphatic heterocycles. The van der Waals surface area contributed by atoms with Crippen molar-refractivity contribution in [3.63, 3.8) is 0 Å². The molecule has 1 heterocycles. The predicted octanol–water partition coefficient (Wildman–Crippen LogP) is 2.61. The van der Waals surface area contributed by atoms with E-state index in [1.165, 1.54) is 16.7 Å². The summed E-state index contributed by atoms with van der Waals surface area (Å²) < 4.78 is 15.1. The number of aromatic nitrogens is 1. The van der Waals surface area contributed by atoms with Crippen LogP contribution in [0.2, 0.25) is 0 Å². The molecule has 5 heteroatoms. The predicted molar refractivity (Wildman–Crippen MR) is 86.8 cm³/mol. The Balaban J connectivity index is 1.94. The lowest BCUT2D eigenvalue weighted by molar-refractivity contribution is 0.0952. The van der Waals surface area contributed by atoms with Crippen molar-refractivity contribution in [1.29, 1.82) is 0 Å². The highest BCUT2D eigenvalue weighted by Gasteiger charge is 2.13. The van der Waals surface area contributed by atoms with Crippen LogP contribution in [0.3, 0.4) is 0 Å². The van der Waals surface area contributed by atoms with Gasteiger partial charge in [-0.15, -0.1) is 0 Å². The normalized spacial score (nSPS) is 10.7. The second-order valence-corrected chi connectivity index (χ2v) is 5.25. The second kappa shape index (κ2) is 6.04. The fourth-order valence-electron chi connectivity index (χ4n) is 2.51. The maximum atomic E-state index is 13.6. The van der Waals surface area contributed by atoms with E-state index >= 15 is 0 Å². The molecule has 4 nitrogen and oxygen atoms in total. The maximum absolute atomic E-state index is 13.6. The molecule has 1 amide bonds. The number of hydrogen-bond donors (Lipinski definition) is 1. The zero-order chi connectivity index (χ0) is 16.4. The van der Waals surface area contributed by atoms with Crippen LogP contribution in [-0.2, 0) is 13.6 Å². The highest BCUT2D eigenvalue weighted by atomic mass is 19.1. The van der Waals surface area contributed by atoms with Gasteiger partial charge in [0.05, 0.1) is 11.1 Å². The Kier molecular flexibility index (Phi) is 3.93. The number of nitrogens with zero attached hydrogens (tertiary/aromatic N) is 1. The number of halogens is 1. The van der Waals surface area contributed by atoms with Gasteiger partial charge in [0.2, 0.25) is 0 Å². The fraction of sp³-hybridized carbons (Fsp3) is 0.111. The number of benzene rings is 2. The molecular weight excluding hydrogens is 295 g/mol. The Morgan fingerprint density at radius 3 is 2.61 bits per heavy atom. The van der Waals surface area contributed by atoms with Gasteiger partial charge in [0.1, 0.15) is 5.82 Å². The van der Waals surface area contributed by atoms with E-state index in [2.05, 4.69) is 5.32 Å². The average molecular weight is 310 g/mol. The zero-order valence-electron chi connectivity index (χ0n) is 12.5. The molecule has 0 aliphatic carbocycles. The van der Waals surface area contributed by atoms with E-state index < -0.39 is 5.91 Å². The van der Waals surface area contributed by atoms with Crippen LogP contribution in [0, 0.1) is 5.82 Å². The van der Waals surface area contributed by atoms with Gasteiger partial charge in [-0.05, 0) is 12.1 Å². The van der Waals surface area contributed by atoms with Crippen LogP contribution in [-0.4, -0.2) is 10.5 Å². The monoisotopic (exact) mass is 310 g/mol. The van der Waals surface area contributed by atoms with Gasteiger partial charge in [0, 0.05) is 30.6 Å². The van der Waals surface area contributed by atoms with E-state index in [1.807, 2.05) is 6.07 Å². The van der Waals surface area contributed by atoms with E-state index in [-0.39, 0.29) is 17.9 Å². The quantitative estimate of drug-likeness (QED) is 0.808. The number of pyridine rings is 1. The lowest BCUT2D eigenvalue weighted by atomic mass is 10.1. The third kappa shape index (κ3) is 2.85. The van der Waals surface area contributed by atoms with Crippen LogP contribution in [0.4, 0.5) is 4.39 Å². The molecule has 1 aromatic heterocycles. The number of nitrogens with one attached hydrogen (secondary N) is 1. The summed E-state index contributed by atoms with van der Waals surface area (Å²) in [5.74, 6) is -0.774. The largest absolute Gasteiger partial charge is 0.348 e. The molecule has 2 aromatic carbocycles. The number of amides is 1. The molecule has 3 rings (SSSR count). The maximum Gasteiger partial charge on any atom is 0.252 e. The summed E-state index contributed by atoms with van der Waals surface area (Å²) >= 11 is 0. The zero-order valence-corrected chi connectivity index (χ0v) is 12.5. The summed E-state index contributed by atoms with van der Waals surface area (Å²) in [5, 5.41) is 3.35. The standard InChI is InChI=1S/C18H15FN2O2/c1-21-16-9-5-3-7-13(16)14(10-17(21)22)18(23)20-11-12-6-2-4-8-15(12)19/h2-10H,11H2,1H3,(H,20,23). The first-order valence-electron chi connectivity index (χ1n) is 7.18. The number of fused-ring (bicyclic) bond motifs is 1. The van der Waals surface area contributed by atoms with Crippen molar-refractivity contribution in [2.24, 2.45) is 7.05 Å². The number of carbonyl (C=O) groups is 1. The van der Waals surface area contributed by atoms with Gasteiger partial charge < -0.3 is 9.88 Å². The molecule has 0 fully saturated rings. The van der Waals surface area contributed by atoms with Crippen molar-refractivity contribution in [2.45, 2.75) is 6.54 Å². The summed E-state index contributed by atoms with van der Waals surface area (Å²) in [4.78, 5) is 24.4. The summed E-state index contributed by atoms with van der Waals surface area (Å²) in [6.07, 6.45) is 0. The third-order valence-electron chi connectivity index (χ3n) is 3.80. The Morgan fingerprint density at radius 1 is 1.13 bits per heavy atom. The Labute approximate surface area is 132 Å². The van der Waals surface area contributed by atoms with Crippen LogP contribution in [0.15, 0.2) is 59.4 Å². The van der Waals surface area contributed by atoms with Crippen LogP contribution < -0.4 is 10.9 Å². The molecule has 0 unspecified atom stereocenters. The van der Waals surface area contributed by atoms with Crippen LogP contribution >= 0.6 is 0 Å². The average Bonchev–Trinajstić information content (AvgIpc) is 2.57. The molecule has 1 N–H and O–H groups in total. The van der Waals surface area contributed by atoms with Crippen molar-refractivity contribution in [2.75, 3.05) is 0 Å². The third-order valence-corrected chi connectivity index (χ3v) is 3.80. The fourth-order valence-corrected chi connectivity index (χ4v) is 2.51. The Bertz CT molecular complexity index is 947. The molecule has 3 aromatic rings. The van der Waals surface area contributed by atoms with Crippen molar-refractivity contribution < 1.29 is 9.18 Å². The van der Waals surface area contributed by atoms with Gasteiger partial charge in [-0.3, -0.25) is 9.59 Å². The molecule has 0 atom stereocenters. The van der Waals surface area contributed by atoms with Crippen molar-refractivity contribution in [3.05, 3.63) is 81.9 Å². The molecule has 0 saturated carbocycles. The van der Waals surface area contributed by atoms with Gasteiger partial charge in [-0.25, -0.2) is 4.39 Å². The summed E-state index contributed by atoms with van der Waals surface area (Å²) in [7, 11) is 1.66. The second-order valence-electron chi connectivity index (χ2n) is 5.25. The number of rotatable bonds is 3. The number of aryl methyl sites for hydroxylation is 1. The minimum Gasteiger partial charge on any atom is -0.348 e. The topological polar surface area (TPSA) is 51.1 Å². The smallest absolute Gasteiger partial charge is 0.252 e. The first kappa shape index (κ1) is 15.0. The number of para-hydroxylation sites is 1. The van der Waals surface area contributed by atoms with E-state index in [0.29, 0.717) is 22.0 Å². The summed E-state index contributed by atoms with van der Waals surface area (Å²) in [6.45, 7) is 0.0645. The molecule has 0 saturated heterocycles. The van der Waals surface area contributed by atoms with Crippen molar-refractivity contribution >= 4 is 16.8 Å². The van der Waals surface area contributed by atoms with Crippen LogP contribution in [0.5, 0.6) is 0 Å². The minimum absolute atomic E-state index is 0.0645. The van der Waals surface area contributed by atoms with Gasteiger partial charge in [-0.2, -0.15) is 0 Å². The molecule has 116 valence electrons. The number of hydrogen-bond acceptors (Lipinski definition) is 2. The van der Waals surface area contributed by atoms with Crippen LogP contribution in [0.25, 0.3) is 10.9 Å². The first-order valence-corrected chi connectivity index (χ1v) is 7.18. The highest BCUT2D eigenvalue weighted by Crippen LogP contribution is 2.16. The highest BCUT2D eigenvalue weighted by molar-refractivity contribution is 6.06. The molecular formula is C18H15FN2O2. The molecule has 0 spiro atoms. The number of carbonyl (C=O) groups excluding carboxylic acids is 1. The van der Waals surface area contributed by atoms with E-state index in [4.69, 9.17) is 0 Å². The first-order chi connectivity index (χ1) is 11.1. The Morgan fingerprint density at radius 2 is 1.83 bits per heavy atom. The van der Waals surface area contributed by atoms with Gasteiger partial charge in [0.25, 0.3) is 11.5 Å². The molecule has 0 radical (unpaired) electrons. The summed E-state index contributed by atoms with van der Waals surface area (Å²) in [6, 6.07) is 14.7. The lowest BCUT2D eigenvalue weighted by Crippen LogP contribution is -2.27. The minimum atomic E-state index is -0.401. The lowest BCUT2D eigenvalue weighted by Gasteiger charge is -2.11. The molecule has 0 bridgehead atoms. The van der Waals surface area contributed by atoms with Crippen molar-refractivity contribution in [3.8, 4) is 0 Å².